The van der Waals surface area contributed by atoms with Gasteiger partial charge < -0.3 is 5.32 Å². The lowest BCUT2D eigenvalue weighted by molar-refractivity contribution is -0.144. The number of nitrogens with zero attached hydrogens (tertiary/aromatic N) is 4. The maximum Gasteiger partial charge on any atom is 0.451 e. The number of aromatic nitrogens is 5. The van der Waals surface area contributed by atoms with Crippen LogP contribution in [-0.4, -0.2) is 36.9 Å². The van der Waals surface area contributed by atoms with E-state index in [1.807, 2.05) is 16.9 Å². The predicted octanol–water partition coefficient (Wildman–Crippen LogP) is 1.93. The van der Waals surface area contributed by atoms with Gasteiger partial charge in [-0.05, 0) is 31.7 Å². The summed E-state index contributed by atoms with van der Waals surface area (Å²) in [5.41, 5.74) is 0. The van der Waals surface area contributed by atoms with Gasteiger partial charge in [-0.1, -0.05) is 0 Å². The van der Waals surface area contributed by atoms with Gasteiger partial charge in [-0.15, -0.1) is 5.10 Å². The zero-order chi connectivity index (χ0) is 16.4. The molecule has 0 saturated heterocycles. The van der Waals surface area contributed by atoms with E-state index in [4.69, 9.17) is 0 Å². The Morgan fingerprint density at radius 1 is 1.30 bits per heavy atom. The summed E-state index contributed by atoms with van der Waals surface area (Å²) in [6, 6.07) is 2.05. The second kappa shape index (κ2) is 6.01. The number of aromatic amines is 1. The molecule has 2 aromatic rings. The molecule has 23 heavy (non-hydrogen) atoms. The highest BCUT2D eigenvalue weighted by Crippen LogP contribution is 2.28. The van der Waals surface area contributed by atoms with E-state index in [-0.39, 0.29) is 6.04 Å². The Labute approximate surface area is 129 Å². The molecule has 0 aromatic carbocycles. The monoisotopic (exact) mass is 328 g/mol. The lowest BCUT2D eigenvalue weighted by atomic mass is 9.91. The van der Waals surface area contributed by atoms with Gasteiger partial charge in [0.1, 0.15) is 0 Å². The molecule has 0 bridgehead atoms. The molecular weight excluding hydrogens is 313 g/mol. The number of alkyl halides is 3. The van der Waals surface area contributed by atoms with Crippen molar-refractivity contribution in [2.75, 3.05) is 0 Å². The molecule has 7 nitrogen and oxygen atoms in total. The van der Waals surface area contributed by atoms with Crippen LogP contribution in [-0.2, 0) is 6.18 Å². The van der Waals surface area contributed by atoms with Gasteiger partial charge in [-0.2, -0.15) is 23.3 Å². The molecule has 3 rings (SSSR count). The van der Waals surface area contributed by atoms with Crippen molar-refractivity contribution >= 4 is 5.91 Å². The Balaban J connectivity index is 1.54. The smallest absolute Gasteiger partial charge is 0.347 e. The third-order valence-corrected chi connectivity index (χ3v) is 3.89. The minimum absolute atomic E-state index is 0.0952. The van der Waals surface area contributed by atoms with Crippen molar-refractivity contribution in [3.63, 3.8) is 0 Å². The number of amides is 1. The molecule has 1 amide bonds. The number of H-pyrrole nitrogens is 1. The van der Waals surface area contributed by atoms with Crippen LogP contribution >= 0.6 is 0 Å². The molecule has 0 unspecified atom stereocenters. The van der Waals surface area contributed by atoms with Crippen LogP contribution in [0.5, 0.6) is 0 Å². The van der Waals surface area contributed by atoms with Crippen LogP contribution in [0.4, 0.5) is 13.2 Å². The second-order valence-electron chi connectivity index (χ2n) is 5.47. The quantitative estimate of drug-likeness (QED) is 0.901. The van der Waals surface area contributed by atoms with Crippen LogP contribution in [0.1, 0.15) is 48.2 Å². The third kappa shape index (κ3) is 3.51. The molecular formula is C13H15F3N6O. The number of rotatable bonds is 3. The van der Waals surface area contributed by atoms with E-state index >= 15 is 0 Å². The van der Waals surface area contributed by atoms with Gasteiger partial charge in [-0.25, -0.2) is 0 Å². The minimum atomic E-state index is -4.65. The first-order valence-corrected chi connectivity index (χ1v) is 7.23. The summed E-state index contributed by atoms with van der Waals surface area (Å²) in [5, 5.41) is 11.9. The summed E-state index contributed by atoms with van der Waals surface area (Å²) in [5.74, 6) is -2.46. The lowest BCUT2D eigenvalue weighted by Gasteiger charge is -2.28. The number of nitrogens with one attached hydrogen (secondary N) is 2. The molecule has 1 saturated carbocycles. The Kier molecular flexibility index (Phi) is 4.05. The van der Waals surface area contributed by atoms with Crippen LogP contribution in [0.3, 0.4) is 0 Å². The van der Waals surface area contributed by atoms with Gasteiger partial charge in [-0.3, -0.25) is 14.6 Å². The molecule has 0 radical (unpaired) electrons. The predicted molar refractivity (Wildman–Crippen MR) is 72.4 cm³/mol. The zero-order valence-electron chi connectivity index (χ0n) is 12.0. The Morgan fingerprint density at radius 3 is 2.61 bits per heavy atom. The normalized spacial score (nSPS) is 22.0. The van der Waals surface area contributed by atoms with Crippen molar-refractivity contribution in [1.29, 1.82) is 0 Å². The van der Waals surface area contributed by atoms with Gasteiger partial charge in [0.15, 0.2) is 0 Å². The first kappa shape index (κ1) is 15.5. The van der Waals surface area contributed by atoms with E-state index in [0.29, 0.717) is 6.04 Å². The Morgan fingerprint density at radius 2 is 2.04 bits per heavy atom. The summed E-state index contributed by atoms with van der Waals surface area (Å²) < 4.78 is 39.2. The van der Waals surface area contributed by atoms with Crippen molar-refractivity contribution in [1.82, 2.24) is 30.3 Å². The molecule has 0 spiro atoms. The van der Waals surface area contributed by atoms with Gasteiger partial charge in [0, 0.05) is 18.4 Å². The number of carbonyl (C=O) groups excluding carboxylic acids is 1. The Bertz CT molecular complexity index is 658. The molecule has 2 heterocycles. The first-order valence-electron chi connectivity index (χ1n) is 7.23. The summed E-state index contributed by atoms with van der Waals surface area (Å²) >= 11 is 0. The van der Waals surface area contributed by atoms with E-state index in [0.717, 1.165) is 25.7 Å². The maximum absolute atomic E-state index is 12.4. The number of halogens is 3. The van der Waals surface area contributed by atoms with E-state index < -0.39 is 23.7 Å². The van der Waals surface area contributed by atoms with E-state index in [1.54, 1.807) is 11.3 Å². The minimum Gasteiger partial charge on any atom is -0.347 e. The molecule has 1 aliphatic rings. The first-order chi connectivity index (χ1) is 10.9. The van der Waals surface area contributed by atoms with E-state index in [2.05, 4.69) is 20.5 Å². The fourth-order valence-electron chi connectivity index (χ4n) is 2.72. The molecule has 1 fully saturated rings. The van der Waals surface area contributed by atoms with E-state index in [1.165, 1.54) is 0 Å². The number of carbonyl (C=O) groups is 1. The van der Waals surface area contributed by atoms with Gasteiger partial charge in [0.2, 0.25) is 11.6 Å². The fourth-order valence-corrected chi connectivity index (χ4v) is 2.72. The largest absolute Gasteiger partial charge is 0.451 e. The summed E-state index contributed by atoms with van der Waals surface area (Å²) in [4.78, 5) is 15.1. The van der Waals surface area contributed by atoms with Crippen LogP contribution in [0.2, 0.25) is 0 Å². The highest BCUT2D eigenvalue weighted by molar-refractivity contribution is 5.90. The molecule has 1 aliphatic carbocycles. The third-order valence-electron chi connectivity index (χ3n) is 3.89. The molecule has 0 atom stereocenters. The average Bonchev–Trinajstić information content (AvgIpc) is 3.19. The van der Waals surface area contributed by atoms with Crippen molar-refractivity contribution in [2.24, 2.45) is 0 Å². The summed E-state index contributed by atoms with van der Waals surface area (Å²) in [6.45, 7) is 0. The van der Waals surface area contributed by atoms with Crippen LogP contribution < -0.4 is 5.32 Å². The summed E-state index contributed by atoms with van der Waals surface area (Å²) in [7, 11) is 0. The van der Waals surface area contributed by atoms with Gasteiger partial charge >= 0.3 is 6.18 Å². The second-order valence-corrected chi connectivity index (χ2v) is 5.47. The van der Waals surface area contributed by atoms with Crippen LogP contribution in [0.15, 0.2) is 18.5 Å². The van der Waals surface area contributed by atoms with Crippen molar-refractivity contribution in [3.05, 3.63) is 30.1 Å². The van der Waals surface area contributed by atoms with Gasteiger partial charge in [0.25, 0.3) is 5.91 Å². The molecule has 10 heteroatoms. The highest BCUT2D eigenvalue weighted by Gasteiger charge is 2.36. The molecule has 2 aromatic heterocycles. The highest BCUT2D eigenvalue weighted by atomic mass is 19.4. The topological polar surface area (TPSA) is 88.5 Å². The maximum atomic E-state index is 12.4. The van der Waals surface area contributed by atoms with Crippen LogP contribution in [0, 0.1) is 0 Å². The molecule has 124 valence electrons. The SMILES string of the molecule is O=C(NC1CCC(n2cccn2)CC1)c1n[nH]c(C(F)(F)F)n1. The van der Waals surface area contributed by atoms with Crippen molar-refractivity contribution in [2.45, 2.75) is 43.9 Å². The van der Waals surface area contributed by atoms with E-state index in [9.17, 15) is 18.0 Å². The van der Waals surface area contributed by atoms with Crippen molar-refractivity contribution < 1.29 is 18.0 Å². The molecule has 2 N–H and O–H groups in total. The number of hydrogen-bond acceptors (Lipinski definition) is 4. The van der Waals surface area contributed by atoms with Crippen LogP contribution in [0.25, 0.3) is 0 Å². The summed E-state index contributed by atoms with van der Waals surface area (Å²) in [6.07, 6.45) is 2.11. The standard InChI is InChI=1S/C13H15F3N6O/c14-13(15,16)12-19-10(20-21-12)11(23)18-8-2-4-9(5-3-8)22-7-1-6-17-22/h1,6-9H,2-5H2,(H,18,23)(H,19,20,21). The molecule has 0 aliphatic heterocycles. The fraction of sp³-hybridized carbons (Fsp3) is 0.538. The Hall–Kier alpha value is -2.39. The average molecular weight is 328 g/mol. The number of hydrogen-bond donors (Lipinski definition) is 2. The van der Waals surface area contributed by atoms with Crippen molar-refractivity contribution in [3.8, 4) is 0 Å². The zero-order valence-corrected chi connectivity index (χ0v) is 12.0. The lowest BCUT2D eigenvalue weighted by Crippen LogP contribution is -2.38. The van der Waals surface area contributed by atoms with Gasteiger partial charge in [0.05, 0.1) is 6.04 Å².